The van der Waals surface area contributed by atoms with Crippen LogP contribution in [-0.4, -0.2) is 12.6 Å². The Balaban J connectivity index is 4.33. The van der Waals surface area contributed by atoms with Crippen molar-refractivity contribution in [2.24, 2.45) is 5.92 Å². The fourth-order valence-corrected chi connectivity index (χ4v) is 1.67. The maximum absolute atomic E-state index is 11.9. The topological polar surface area (TPSA) is 26.3 Å². The van der Waals surface area contributed by atoms with Gasteiger partial charge in [0.05, 0.1) is 12.2 Å². The van der Waals surface area contributed by atoms with E-state index in [1.54, 1.807) is 19.1 Å². The number of carbonyl (C=O) groups excluding carboxylic acids is 1. The second-order valence-corrected chi connectivity index (χ2v) is 4.61. The van der Waals surface area contributed by atoms with Crippen molar-refractivity contribution in [1.82, 2.24) is 0 Å². The summed E-state index contributed by atoms with van der Waals surface area (Å²) in [5.74, 6) is 0.168. The third-order valence-electron chi connectivity index (χ3n) is 2.96. The third-order valence-corrected chi connectivity index (χ3v) is 2.96. The molecule has 1 unspecified atom stereocenters. The lowest BCUT2D eigenvalue weighted by atomic mass is 10.0. The number of rotatable bonds is 9. The molecule has 0 aromatic carbocycles. The first kappa shape index (κ1) is 16.7. The van der Waals surface area contributed by atoms with Crippen molar-refractivity contribution < 1.29 is 9.53 Å². The van der Waals surface area contributed by atoms with Crippen LogP contribution in [-0.2, 0) is 9.53 Å². The second kappa shape index (κ2) is 9.69. The predicted molar refractivity (Wildman–Crippen MR) is 77.4 cm³/mol. The van der Waals surface area contributed by atoms with Crippen molar-refractivity contribution in [2.45, 2.75) is 46.5 Å². The van der Waals surface area contributed by atoms with Gasteiger partial charge in [-0.15, -0.1) is 0 Å². The van der Waals surface area contributed by atoms with Gasteiger partial charge in [-0.05, 0) is 30.9 Å². The summed E-state index contributed by atoms with van der Waals surface area (Å²) < 4.78 is 5.35. The third kappa shape index (κ3) is 6.43. The molecule has 0 aliphatic rings. The van der Waals surface area contributed by atoms with Crippen molar-refractivity contribution in [1.29, 1.82) is 0 Å². The Hall–Kier alpha value is -1.31. The van der Waals surface area contributed by atoms with E-state index in [0.29, 0.717) is 23.7 Å². The minimum Gasteiger partial charge on any atom is -0.462 e. The fraction of sp³-hybridized carbons (Fsp3) is 0.562. The minimum absolute atomic E-state index is 0.294. The summed E-state index contributed by atoms with van der Waals surface area (Å²) in [4.78, 5) is 11.9. The highest BCUT2D eigenvalue weighted by atomic mass is 16.5. The number of allylic oxidation sites excluding steroid dienone is 2. The van der Waals surface area contributed by atoms with E-state index in [9.17, 15) is 4.79 Å². The molecule has 0 fully saturated rings. The van der Waals surface area contributed by atoms with E-state index in [1.165, 1.54) is 12.8 Å². The summed E-state index contributed by atoms with van der Waals surface area (Å²) in [6.45, 7) is 14.0. The molecule has 0 saturated heterocycles. The Labute approximate surface area is 111 Å². The highest BCUT2D eigenvalue weighted by molar-refractivity contribution is 5.93. The lowest BCUT2D eigenvalue weighted by Gasteiger charge is -2.15. The van der Waals surface area contributed by atoms with E-state index in [2.05, 4.69) is 27.0 Å². The van der Waals surface area contributed by atoms with Crippen molar-refractivity contribution in [3.63, 3.8) is 0 Å². The molecular weight excluding hydrogens is 224 g/mol. The molecule has 0 amide bonds. The van der Waals surface area contributed by atoms with Crippen molar-refractivity contribution in [3.05, 3.63) is 36.5 Å². The average molecular weight is 250 g/mol. The van der Waals surface area contributed by atoms with Crippen LogP contribution in [0.2, 0.25) is 0 Å². The van der Waals surface area contributed by atoms with E-state index in [4.69, 9.17) is 4.74 Å². The lowest BCUT2D eigenvalue weighted by molar-refractivity contribution is -0.140. The van der Waals surface area contributed by atoms with Gasteiger partial charge < -0.3 is 4.74 Å². The maximum atomic E-state index is 11.9. The van der Waals surface area contributed by atoms with Crippen LogP contribution in [0.25, 0.3) is 0 Å². The molecule has 0 bridgehead atoms. The summed E-state index contributed by atoms with van der Waals surface area (Å²) >= 11 is 0. The van der Waals surface area contributed by atoms with Gasteiger partial charge in [-0.25, -0.2) is 4.79 Å². The van der Waals surface area contributed by atoms with E-state index < -0.39 is 0 Å². The molecule has 0 N–H and O–H groups in total. The summed E-state index contributed by atoms with van der Waals surface area (Å²) in [6, 6.07) is 0. The van der Waals surface area contributed by atoms with E-state index in [-0.39, 0.29) is 5.97 Å². The lowest BCUT2D eigenvalue weighted by Crippen LogP contribution is -2.15. The molecule has 0 rings (SSSR count). The van der Waals surface area contributed by atoms with Crippen LogP contribution in [0.3, 0.4) is 0 Å². The van der Waals surface area contributed by atoms with Crippen LogP contribution >= 0.6 is 0 Å². The SMILES string of the molecule is C=C/C=C(\C(=C)C)C(=O)OCC(CC)CCCC. The number of esters is 1. The number of carbonyl (C=O) groups is 1. The van der Waals surface area contributed by atoms with Crippen LogP contribution < -0.4 is 0 Å². The van der Waals surface area contributed by atoms with Gasteiger partial charge in [0.1, 0.15) is 0 Å². The minimum atomic E-state index is -0.294. The Bertz CT molecular complexity index is 313. The Morgan fingerprint density at radius 3 is 2.50 bits per heavy atom. The van der Waals surface area contributed by atoms with Gasteiger partial charge in [-0.3, -0.25) is 0 Å². The zero-order chi connectivity index (χ0) is 14.0. The van der Waals surface area contributed by atoms with Crippen LogP contribution in [0, 0.1) is 5.92 Å². The molecule has 0 aliphatic heterocycles. The standard InChI is InChI=1S/C16H26O2/c1-6-9-11-14(8-3)12-18-16(17)15(10-7-2)13(4)5/h7,10,14H,2,4,6,8-9,11-12H2,1,3,5H3/b15-10+. The molecule has 0 aromatic rings. The zero-order valence-corrected chi connectivity index (χ0v) is 12.0. The molecule has 0 radical (unpaired) electrons. The first-order valence-corrected chi connectivity index (χ1v) is 6.72. The van der Waals surface area contributed by atoms with E-state index in [1.807, 2.05) is 0 Å². The van der Waals surface area contributed by atoms with Gasteiger partial charge in [0, 0.05) is 0 Å². The van der Waals surface area contributed by atoms with E-state index in [0.717, 1.165) is 12.8 Å². The van der Waals surface area contributed by atoms with E-state index >= 15 is 0 Å². The number of hydrogen-bond donors (Lipinski definition) is 0. The summed E-state index contributed by atoms with van der Waals surface area (Å²) in [6.07, 6.45) is 7.76. The van der Waals surface area contributed by atoms with Gasteiger partial charge in [-0.2, -0.15) is 0 Å². The van der Waals surface area contributed by atoms with Gasteiger partial charge in [0.25, 0.3) is 0 Å². The highest BCUT2D eigenvalue weighted by Gasteiger charge is 2.14. The highest BCUT2D eigenvalue weighted by Crippen LogP contribution is 2.15. The Morgan fingerprint density at radius 1 is 1.39 bits per heavy atom. The summed E-state index contributed by atoms with van der Waals surface area (Å²) in [5.41, 5.74) is 1.22. The quantitative estimate of drug-likeness (QED) is 0.343. The average Bonchev–Trinajstić information content (AvgIpc) is 2.35. The molecule has 0 spiro atoms. The zero-order valence-electron chi connectivity index (χ0n) is 12.0. The molecule has 2 nitrogen and oxygen atoms in total. The molecule has 2 heteroatoms. The summed E-state index contributed by atoms with van der Waals surface area (Å²) in [5, 5.41) is 0. The summed E-state index contributed by atoms with van der Waals surface area (Å²) in [7, 11) is 0. The molecular formula is C16H26O2. The maximum Gasteiger partial charge on any atom is 0.338 e. The fourth-order valence-electron chi connectivity index (χ4n) is 1.67. The Morgan fingerprint density at radius 2 is 2.06 bits per heavy atom. The largest absolute Gasteiger partial charge is 0.462 e. The van der Waals surface area contributed by atoms with Crippen LogP contribution in [0.4, 0.5) is 0 Å². The molecule has 1 atom stereocenters. The van der Waals surface area contributed by atoms with Gasteiger partial charge in [0.15, 0.2) is 0 Å². The second-order valence-electron chi connectivity index (χ2n) is 4.61. The normalized spacial score (nSPS) is 12.9. The van der Waals surface area contributed by atoms with Crippen LogP contribution in [0.1, 0.15) is 46.5 Å². The van der Waals surface area contributed by atoms with Crippen molar-refractivity contribution in [2.75, 3.05) is 6.61 Å². The molecule has 0 aromatic heterocycles. The predicted octanol–water partition coefficient (Wildman–Crippen LogP) is 4.43. The first-order chi connectivity index (χ1) is 8.56. The smallest absolute Gasteiger partial charge is 0.338 e. The molecule has 0 heterocycles. The molecule has 0 aliphatic carbocycles. The number of ether oxygens (including phenoxy) is 1. The number of hydrogen-bond acceptors (Lipinski definition) is 2. The molecule has 18 heavy (non-hydrogen) atoms. The monoisotopic (exact) mass is 250 g/mol. The Kier molecular flexibility index (Phi) is 8.99. The van der Waals surface area contributed by atoms with Crippen LogP contribution in [0.15, 0.2) is 36.5 Å². The number of unbranched alkanes of at least 4 members (excludes halogenated alkanes) is 1. The first-order valence-electron chi connectivity index (χ1n) is 6.72. The van der Waals surface area contributed by atoms with Gasteiger partial charge >= 0.3 is 5.97 Å². The van der Waals surface area contributed by atoms with Gasteiger partial charge in [0.2, 0.25) is 0 Å². The van der Waals surface area contributed by atoms with Gasteiger partial charge in [-0.1, -0.05) is 52.3 Å². The van der Waals surface area contributed by atoms with Crippen molar-refractivity contribution in [3.8, 4) is 0 Å². The molecule has 0 saturated carbocycles. The van der Waals surface area contributed by atoms with Crippen molar-refractivity contribution >= 4 is 5.97 Å². The van der Waals surface area contributed by atoms with Crippen LogP contribution in [0.5, 0.6) is 0 Å². The molecule has 102 valence electrons.